The van der Waals surface area contributed by atoms with E-state index in [2.05, 4.69) is 199 Å². The van der Waals surface area contributed by atoms with Crippen LogP contribution < -0.4 is 4.90 Å². The van der Waals surface area contributed by atoms with Crippen molar-refractivity contribution in [1.29, 1.82) is 0 Å². The lowest BCUT2D eigenvalue weighted by Gasteiger charge is -2.25. The molecule has 0 unspecified atom stereocenters. The largest absolute Gasteiger partial charge is 0.311 e. The number of benzene rings is 8. The van der Waals surface area contributed by atoms with E-state index in [1.54, 1.807) is 0 Å². The second-order valence-corrected chi connectivity index (χ2v) is 16.1. The van der Waals surface area contributed by atoms with E-state index in [9.17, 15) is 0 Å². The first kappa shape index (κ1) is 36.2. The van der Waals surface area contributed by atoms with Crippen molar-refractivity contribution in [1.82, 2.24) is 19.5 Å². The molecule has 11 rings (SSSR count). The Balaban J connectivity index is 0.996. The second-order valence-electron chi connectivity index (χ2n) is 16.1. The van der Waals surface area contributed by atoms with Crippen LogP contribution in [0.2, 0.25) is 0 Å². The van der Waals surface area contributed by atoms with Gasteiger partial charge in [0, 0.05) is 44.4 Å². The fraction of sp³-hybridized carbons (Fsp3) is 0.0536. The van der Waals surface area contributed by atoms with E-state index in [0.717, 1.165) is 50.3 Å². The molecule has 0 bridgehead atoms. The van der Waals surface area contributed by atoms with Crippen molar-refractivity contribution in [2.24, 2.45) is 0 Å². The smallest absolute Gasteiger partial charge is 0.238 e. The standard InChI is InChI=1S/C56H41N5/c1-56(2)49-37-39(28-27-38-29-32-44(33-30-38)60(42-21-11-5-12-22-42)43-23-13-6-14-24-43)31-34-45(49)47-35-36-48-46-25-15-16-26-50(46)61(52(48)51(47)56)55-58-53(40-17-7-3-8-18-40)57-54(59-55)41-19-9-4-10-20-41/h3-37H,1-2H3/b28-27+. The maximum absolute atomic E-state index is 5.24. The van der Waals surface area contributed by atoms with Crippen molar-refractivity contribution in [3.8, 4) is 39.9 Å². The molecule has 290 valence electrons. The molecule has 8 aromatic carbocycles. The molecule has 0 aliphatic heterocycles. The molecular weight excluding hydrogens is 743 g/mol. The van der Waals surface area contributed by atoms with E-state index >= 15 is 0 Å². The minimum Gasteiger partial charge on any atom is -0.311 e. The van der Waals surface area contributed by atoms with Crippen LogP contribution in [-0.2, 0) is 5.41 Å². The van der Waals surface area contributed by atoms with Gasteiger partial charge in [-0.05, 0) is 75.8 Å². The van der Waals surface area contributed by atoms with Crippen LogP contribution in [0.15, 0.2) is 200 Å². The molecule has 0 atom stereocenters. The van der Waals surface area contributed by atoms with E-state index < -0.39 is 0 Å². The van der Waals surface area contributed by atoms with Gasteiger partial charge in [0.15, 0.2) is 11.6 Å². The lowest BCUT2D eigenvalue weighted by Crippen LogP contribution is -2.17. The quantitative estimate of drug-likeness (QED) is 0.144. The van der Waals surface area contributed by atoms with Crippen LogP contribution in [0.25, 0.3) is 73.8 Å². The highest BCUT2D eigenvalue weighted by Crippen LogP contribution is 2.53. The van der Waals surface area contributed by atoms with Gasteiger partial charge in [-0.2, -0.15) is 9.97 Å². The Morgan fingerprint density at radius 2 is 0.967 bits per heavy atom. The van der Waals surface area contributed by atoms with Gasteiger partial charge in [-0.15, -0.1) is 0 Å². The van der Waals surface area contributed by atoms with Gasteiger partial charge in [-0.25, -0.2) is 4.98 Å². The van der Waals surface area contributed by atoms with E-state index in [-0.39, 0.29) is 5.41 Å². The minimum atomic E-state index is -0.322. The molecule has 2 aromatic heterocycles. The summed E-state index contributed by atoms with van der Waals surface area (Å²) in [6, 6.07) is 70.3. The Hall–Kier alpha value is -7.89. The Labute approximate surface area is 355 Å². The van der Waals surface area contributed by atoms with Crippen LogP contribution in [0.5, 0.6) is 0 Å². The van der Waals surface area contributed by atoms with Gasteiger partial charge < -0.3 is 4.90 Å². The summed E-state index contributed by atoms with van der Waals surface area (Å²) in [4.78, 5) is 17.8. The molecule has 10 aromatic rings. The monoisotopic (exact) mass is 783 g/mol. The van der Waals surface area contributed by atoms with E-state index in [1.165, 1.54) is 33.0 Å². The number of hydrogen-bond acceptors (Lipinski definition) is 4. The molecule has 5 heteroatoms. The predicted octanol–water partition coefficient (Wildman–Crippen LogP) is 14.2. The van der Waals surface area contributed by atoms with Crippen LogP contribution >= 0.6 is 0 Å². The van der Waals surface area contributed by atoms with E-state index in [1.807, 2.05) is 36.4 Å². The SMILES string of the molecule is CC1(C)c2cc(/C=C/c3ccc(N(c4ccccc4)c4ccccc4)cc3)ccc2-c2ccc3c4ccccc4n(-c4nc(-c5ccccc5)nc(-c5ccccc5)n4)c3c21. The number of rotatable bonds is 8. The summed E-state index contributed by atoms with van der Waals surface area (Å²) >= 11 is 0. The summed E-state index contributed by atoms with van der Waals surface area (Å²) in [5.74, 6) is 1.88. The first-order valence-electron chi connectivity index (χ1n) is 20.8. The fourth-order valence-corrected chi connectivity index (χ4v) is 9.10. The Morgan fingerprint density at radius 1 is 0.459 bits per heavy atom. The van der Waals surface area contributed by atoms with Gasteiger partial charge in [0.25, 0.3) is 0 Å². The summed E-state index contributed by atoms with van der Waals surface area (Å²) in [5.41, 5.74) is 14.5. The maximum atomic E-state index is 5.24. The zero-order chi connectivity index (χ0) is 40.9. The van der Waals surface area contributed by atoms with Crippen LogP contribution in [0.4, 0.5) is 17.1 Å². The minimum absolute atomic E-state index is 0.322. The highest BCUT2D eigenvalue weighted by Gasteiger charge is 2.39. The summed E-state index contributed by atoms with van der Waals surface area (Å²) in [6.07, 6.45) is 4.44. The number of fused-ring (bicyclic) bond motifs is 7. The second kappa shape index (κ2) is 14.7. The third kappa shape index (κ3) is 6.30. The summed E-state index contributed by atoms with van der Waals surface area (Å²) < 4.78 is 2.28. The average molecular weight is 784 g/mol. The summed E-state index contributed by atoms with van der Waals surface area (Å²) in [7, 11) is 0. The first-order chi connectivity index (χ1) is 30.0. The highest BCUT2D eigenvalue weighted by molar-refractivity contribution is 6.13. The van der Waals surface area contributed by atoms with Crippen molar-refractivity contribution in [3.05, 3.63) is 222 Å². The molecule has 0 radical (unpaired) electrons. The van der Waals surface area contributed by atoms with Crippen molar-refractivity contribution in [2.45, 2.75) is 19.3 Å². The number of para-hydroxylation sites is 3. The van der Waals surface area contributed by atoms with Crippen LogP contribution in [0, 0.1) is 0 Å². The molecule has 0 saturated heterocycles. The molecule has 5 nitrogen and oxygen atoms in total. The van der Waals surface area contributed by atoms with Gasteiger partial charge in [0.2, 0.25) is 5.95 Å². The molecule has 1 aliphatic carbocycles. The Kier molecular flexibility index (Phi) is 8.75. The van der Waals surface area contributed by atoms with Crippen LogP contribution in [0.3, 0.4) is 0 Å². The number of aromatic nitrogens is 4. The lowest BCUT2D eigenvalue weighted by molar-refractivity contribution is 0.663. The zero-order valence-corrected chi connectivity index (χ0v) is 33.9. The molecule has 2 heterocycles. The molecule has 0 fully saturated rings. The number of nitrogens with zero attached hydrogens (tertiary/aromatic N) is 5. The van der Waals surface area contributed by atoms with Gasteiger partial charge in [0.1, 0.15) is 0 Å². The average Bonchev–Trinajstić information content (AvgIpc) is 3.78. The van der Waals surface area contributed by atoms with E-state index in [4.69, 9.17) is 15.0 Å². The third-order valence-corrected chi connectivity index (χ3v) is 12.0. The van der Waals surface area contributed by atoms with Crippen molar-refractivity contribution < 1.29 is 0 Å². The third-order valence-electron chi connectivity index (χ3n) is 12.0. The number of hydrogen-bond donors (Lipinski definition) is 0. The maximum Gasteiger partial charge on any atom is 0.238 e. The summed E-state index contributed by atoms with van der Waals surface area (Å²) in [5, 5.41) is 2.35. The van der Waals surface area contributed by atoms with Crippen molar-refractivity contribution in [2.75, 3.05) is 4.90 Å². The van der Waals surface area contributed by atoms with Crippen molar-refractivity contribution >= 4 is 51.0 Å². The highest BCUT2D eigenvalue weighted by atomic mass is 15.2. The van der Waals surface area contributed by atoms with Gasteiger partial charge in [-0.1, -0.05) is 184 Å². The van der Waals surface area contributed by atoms with Crippen molar-refractivity contribution in [3.63, 3.8) is 0 Å². The zero-order valence-electron chi connectivity index (χ0n) is 33.9. The molecule has 61 heavy (non-hydrogen) atoms. The van der Waals surface area contributed by atoms with Crippen LogP contribution in [0.1, 0.15) is 36.1 Å². The molecule has 0 spiro atoms. The van der Waals surface area contributed by atoms with Crippen LogP contribution in [-0.4, -0.2) is 19.5 Å². The predicted molar refractivity (Wildman–Crippen MR) is 253 cm³/mol. The molecule has 1 aliphatic rings. The number of anilines is 3. The Morgan fingerprint density at radius 3 is 1.59 bits per heavy atom. The summed E-state index contributed by atoms with van der Waals surface area (Å²) in [6.45, 7) is 4.71. The van der Waals surface area contributed by atoms with Gasteiger partial charge in [0.05, 0.1) is 11.0 Å². The lowest BCUT2D eigenvalue weighted by atomic mass is 9.81. The van der Waals surface area contributed by atoms with E-state index in [0.29, 0.717) is 17.6 Å². The van der Waals surface area contributed by atoms with Gasteiger partial charge in [-0.3, -0.25) is 4.57 Å². The Bertz CT molecular complexity index is 3150. The first-order valence-corrected chi connectivity index (χ1v) is 20.8. The topological polar surface area (TPSA) is 46.8 Å². The normalized spacial score (nSPS) is 12.8. The molecule has 0 amide bonds. The molecule has 0 N–H and O–H groups in total. The molecular formula is C56H41N5. The fourth-order valence-electron chi connectivity index (χ4n) is 9.10. The van der Waals surface area contributed by atoms with Gasteiger partial charge >= 0.3 is 0 Å². The molecule has 0 saturated carbocycles.